The average Bonchev–Trinajstić information content (AvgIpc) is 3.07. The lowest BCUT2D eigenvalue weighted by molar-refractivity contribution is -0.121. The highest BCUT2D eigenvalue weighted by atomic mass is 32.2. The molecular weight excluding hydrogens is 428 g/mol. The molecule has 2 aromatic rings. The summed E-state index contributed by atoms with van der Waals surface area (Å²) < 4.78 is 28.6. The Bertz CT molecular complexity index is 1090. The molecule has 9 heteroatoms. The molecule has 3 N–H and O–H groups in total. The molecule has 0 saturated carbocycles. The van der Waals surface area contributed by atoms with Crippen molar-refractivity contribution in [3.8, 4) is 0 Å². The van der Waals surface area contributed by atoms with E-state index in [4.69, 9.17) is 0 Å². The topological polar surface area (TPSA) is 111 Å². The molecule has 1 aliphatic heterocycles. The number of aromatic nitrogens is 1. The minimum Gasteiger partial charge on any atom is -0.361 e. The number of nitrogens with one attached hydrogen (secondary N) is 3. The van der Waals surface area contributed by atoms with Crippen molar-refractivity contribution in [2.45, 2.75) is 57.9 Å². The molecule has 8 nitrogen and oxygen atoms in total. The monoisotopic (exact) mass is 460 g/mol. The summed E-state index contributed by atoms with van der Waals surface area (Å²) in [7, 11) is -3.96. The second kappa shape index (κ2) is 10.3. The second-order valence-electron chi connectivity index (χ2n) is 8.28. The number of hydrogen-bond donors (Lipinski definition) is 3. The van der Waals surface area contributed by atoms with Gasteiger partial charge in [-0.15, -0.1) is 0 Å². The van der Waals surface area contributed by atoms with Crippen LogP contribution in [0, 0.1) is 20.8 Å². The van der Waals surface area contributed by atoms with Crippen LogP contribution in [0.25, 0.3) is 0 Å². The third-order valence-corrected chi connectivity index (χ3v) is 7.46. The summed E-state index contributed by atoms with van der Waals surface area (Å²) in [4.78, 5) is 30.0. The first-order valence-corrected chi connectivity index (χ1v) is 12.5. The molecule has 0 aliphatic carbocycles. The molecule has 174 valence electrons. The maximum Gasteiger partial charge on any atom is 0.257 e. The standard InChI is InChI=1S/C23H32N4O4S/c1-16-9-5-6-10-19(16)15-24-20(28)11-12-25-32(30,31)22-18(3)26-17(2)21(22)23(29)27-13-7-4-8-14-27/h5-6,9-10,25-26H,4,7-8,11-15H2,1-3H3,(H,24,28). The number of H-pyrrole nitrogens is 1. The highest BCUT2D eigenvalue weighted by molar-refractivity contribution is 7.89. The molecule has 0 unspecified atom stereocenters. The summed E-state index contributed by atoms with van der Waals surface area (Å²) in [5, 5.41) is 2.81. The molecule has 1 saturated heterocycles. The van der Waals surface area contributed by atoms with Gasteiger partial charge in [0, 0.05) is 44.0 Å². The maximum atomic E-state index is 13.1. The summed E-state index contributed by atoms with van der Waals surface area (Å²) in [6, 6.07) is 7.76. The van der Waals surface area contributed by atoms with Gasteiger partial charge in [-0.05, 0) is 51.2 Å². The van der Waals surface area contributed by atoms with E-state index in [2.05, 4.69) is 15.0 Å². The van der Waals surface area contributed by atoms with E-state index >= 15 is 0 Å². The number of likely N-dealkylation sites (tertiary alicyclic amines) is 1. The summed E-state index contributed by atoms with van der Waals surface area (Å²) in [6.45, 7) is 6.93. The van der Waals surface area contributed by atoms with Crippen LogP contribution in [0.5, 0.6) is 0 Å². The predicted molar refractivity (Wildman–Crippen MR) is 123 cm³/mol. The number of aryl methyl sites for hydroxylation is 3. The van der Waals surface area contributed by atoms with Gasteiger partial charge < -0.3 is 15.2 Å². The van der Waals surface area contributed by atoms with Gasteiger partial charge in [0.2, 0.25) is 15.9 Å². The fraction of sp³-hybridized carbons (Fsp3) is 0.478. The number of carbonyl (C=O) groups is 2. The summed E-state index contributed by atoms with van der Waals surface area (Å²) in [5.41, 5.74) is 3.24. The first kappa shape index (κ1) is 24.0. The number of rotatable bonds is 8. The summed E-state index contributed by atoms with van der Waals surface area (Å²) in [5.74, 6) is -0.509. The Morgan fingerprint density at radius 3 is 2.41 bits per heavy atom. The van der Waals surface area contributed by atoms with E-state index in [9.17, 15) is 18.0 Å². The molecule has 1 aromatic carbocycles. The van der Waals surface area contributed by atoms with Gasteiger partial charge in [0.1, 0.15) is 4.90 Å². The average molecular weight is 461 g/mol. The van der Waals surface area contributed by atoms with Gasteiger partial charge in [0.15, 0.2) is 0 Å². The number of nitrogens with zero attached hydrogens (tertiary/aromatic N) is 1. The molecule has 1 aromatic heterocycles. The zero-order valence-corrected chi connectivity index (χ0v) is 19.8. The van der Waals surface area contributed by atoms with E-state index in [0.29, 0.717) is 31.0 Å². The lowest BCUT2D eigenvalue weighted by atomic mass is 10.1. The van der Waals surface area contributed by atoms with Gasteiger partial charge >= 0.3 is 0 Å². The lowest BCUT2D eigenvalue weighted by Gasteiger charge is -2.27. The molecule has 2 amide bonds. The molecule has 0 bridgehead atoms. The predicted octanol–water partition coefficient (Wildman–Crippen LogP) is 2.55. The van der Waals surface area contributed by atoms with Crippen molar-refractivity contribution in [3.63, 3.8) is 0 Å². The number of benzene rings is 1. The molecule has 0 atom stereocenters. The fourth-order valence-corrected chi connectivity index (χ4v) is 5.55. The van der Waals surface area contributed by atoms with E-state index in [-0.39, 0.29) is 35.2 Å². The molecule has 32 heavy (non-hydrogen) atoms. The summed E-state index contributed by atoms with van der Waals surface area (Å²) in [6.07, 6.45) is 2.93. The van der Waals surface area contributed by atoms with E-state index < -0.39 is 10.0 Å². The van der Waals surface area contributed by atoms with Crippen LogP contribution < -0.4 is 10.0 Å². The number of aromatic amines is 1. The smallest absolute Gasteiger partial charge is 0.257 e. The van der Waals surface area contributed by atoms with Gasteiger partial charge in [-0.25, -0.2) is 13.1 Å². The van der Waals surface area contributed by atoms with E-state index in [1.807, 2.05) is 31.2 Å². The SMILES string of the molecule is Cc1ccccc1CNC(=O)CCNS(=O)(=O)c1c(C)[nH]c(C)c1C(=O)N1CCCCC1. The zero-order chi connectivity index (χ0) is 23.3. The number of sulfonamides is 1. The van der Waals surface area contributed by atoms with E-state index in [1.54, 1.807) is 18.7 Å². The highest BCUT2D eigenvalue weighted by Gasteiger charge is 2.31. The Hall–Kier alpha value is -2.65. The largest absolute Gasteiger partial charge is 0.361 e. The minimum atomic E-state index is -3.96. The van der Waals surface area contributed by atoms with Crippen LogP contribution in [0.15, 0.2) is 29.2 Å². The Balaban J connectivity index is 1.63. The van der Waals surface area contributed by atoms with E-state index in [1.165, 1.54) is 0 Å². The Morgan fingerprint density at radius 1 is 1.03 bits per heavy atom. The normalized spacial score (nSPS) is 14.4. The first-order chi connectivity index (χ1) is 15.2. The Labute approximate surface area is 189 Å². The molecule has 1 aliphatic rings. The van der Waals surface area contributed by atoms with Crippen molar-refractivity contribution < 1.29 is 18.0 Å². The van der Waals surface area contributed by atoms with Crippen molar-refractivity contribution in [1.29, 1.82) is 0 Å². The third-order valence-electron chi connectivity index (χ3n) is 5.82. The van der Waals surface area contributed by atoms with Crippen LogP contribution in [0.1, 0.15) is 58.6 Å². The number of carbonyl (C=O) groups excluding carboxylic acids is 2. The molecular formula is C23H32N4O4S. The van der Waals surface area contributed by atoms with Gasteiger partial charge in [-0.3, -0.25) is 9.59 Å². The first-order valence-electron chi connectivity index (χ1n) is 11.0. The summed E-state index contributed by atoms with van der Waals surface area (Å²) >= 11 is 0. The van der Waals surface area contributed by atoms with Crippen LogP contribution in [-0.2, 0) is 21.4 Å². The zero-order valence-electron chi connectivity index (χ0n) is 19.0. The Kier molecular flexibility index (Phi) is 7.73. The van der Waals surface area contributed by atoms with Crippen molar-refractivity contribution in [3.05, 3.63) is 52.3 Å². The Morgan fingerprint density at radius 2 is 1.72 bits per heavy atom. The van der Waals surface area contributed by atoms with Gasteiger partial charge in [0.05, 0.1) is 5.56 Å². The molecule has 3 rings (SSSR count). The lowest BCUT2D eigenvalue weighted by Crippen LogP contribution is -2.37. The van der Waals surface area contributed by atoms with Crippen LogP contribution >= 0.6 is 0 Å². The number of hydrogen-bond acceptors (Lipinski definition) is 4. The second-order valence-corrected chi connectivity index (χ2v) is 9.99. The fourth-order valence-electron chi connectivity index (χ4n) is 4.07. The van der Waals surface area contributed by atoms with Crippen LogP contribution in [0.3, 0.4) is 0 Å². The van der Waals surface area contributed by atoms with Crippen molar-refractivity contribution in [2.24, 2.45) is 0 Å². The molecule has 2 heterocycles. The van der Waals surface area contributed by atoms with Gasteiger partial charge in [-0.1, -0.05) is 24.3 Å². The van der Waals surface area contributed by atoms with Crippen LogP contribution in [0.2, 0.25) is 0 Å². The van der Waals surface area contributed by atoms with Crippen LogP contribution in [-0.4, -0.2) is 49.8 Å². The highest BCUT2D eigenvalue weighted by Crippen LogP contribution is 2.26. The van der Waals surface area contributed by atoms with Gasteiger partial charge in [0.25, 0.3) is 5.91 Å². The quantitative estimate of drug-likeness (QED) is 0.562. The maximum absolute atomic E-state index is 13.1. The van der Waals surface area contributed by atoms with Crippen molar-refractivity contribution >= 4 is 21.8 Å². The molecule has 1 fully saturated rings. The van der Waals surface area contributed by atoms with Gasteiger partial charge in [-0.2, -0.15) is 0 Å². The minimum absolute atomic E-state index is 0.00295. The van der Waals surface area contributed by atoms with E-state index in [0.717, 1.165) is 30.4 Å². The number of piperidine rings is 1. The van der Waals surface area contributed by atoms with Crippen molar-refractivity contribution in [2.75, 3.05) is 19.6 Å². The van der Waals surface area contributed by atoms with Crippen molar-refractivity contribution in [1.82, 2.24) is 19.9 Å². The number of amides is 2. The molecule has 0 radical (unpaired) electrons. The third kappa shape index (κ3) is 5.58. The molecule has 0 spiro atoms. The van der Waals surface area contributed by atoms with Crippen LogP contribution in [0.4, 0.5) is 0 Å².